The van der Waals surface area contributed by atoms with E-state index in [4.69, 9.17) is 0 Å². The summed E-state index contributed by atoms with van der Waals surface area (Å²) >= 11 is 0. The lowest BCUT2D eigenvalue weighted by atomic mass is 10.1. The molecule has 3 heteroatoms. The summed E-state index contributed by atoms with van der Waals surface area (Å²) < 4.78 is 0. The van der Waals surface area contributed by atoms with Gasteiger partial charge >= 0.3 is 0 Å². The first-order valence-electron chi connectivity index (χ1n) is 5.08. The summed E-state index contributed by atoms with van der Waals surface area (Å²) in [5.74, 6) is 0.740. The number of hydrogen-bond acceptors (Lipinski definition) is 2. The van der Waals surface area contributed by atoms with Gasteiger partial charge in [-0.15, -0.1) is 0 Å². The number of nitrogens with zero attached hydrogens (tertiary/aromatic N) is 2. The van der Waals surface area contributed by atoms with E-state index in [1.54, 1.807) is 0 Å². The minimum Gasteiger partial charge on any atom is -1.00 e. The van der Waals surface area contributed by atoms with Crippen LogP contribution in [0.2, 0.25) is 0 Å². The Labute approximate surface area is 98.7 Å². The van der Waals surface area contributed by atoms with Crippen molar-refractivity contribution in [1.29, 1.82) is 0 Å². The Balaban J connectivity index is 0.00000169. The van der Waals surface area contributed by atoms with Crippen molar-refractivity contribution >= 4 is 0 Å². The van der Waals surface area contributed by atoms with Gasteiger partial charge in [0.25, 0.3) is 0 Å². The zero-order chi connectivity index (χ0) is 10.1. The van der Waals surface area contributed by atoms with Crippen molar-refractivity contribution in [2.45, 2.75) is 40.2 Å². The summed E-state index contributed by atoms with van der Waals surface area (Å²) in [4.78, 5) is 4.74. The molecule has 0 saturated carbocycles. The summed E-state index contributed by atoms with van der Waals surface area (Å²) in [6.07, 6.45) is 4.40. The van der Waals surface area contributed by atoms with Crippen LogP contribution in [-0.4, -0.2) is 28.6 Å². The van der Waals surface area contributed by atoms with Crippen LogP contribution < -0.4 is 17.0 Å². The lowest BCUT2D eigenvalue weighted by molar-refractivity contribution is -0.00000392. The highest BCUT2D eigenvalue weighted by Crippen LogP contribution is 2.19. The smallest absolute Gasteiger partial charge is 0.0898 e. The standard InChI is InChI=1S/C11H22N2.BrH/c1-10(2)8-12-6-7-13(9-12)11(3,4)5;/h6-7,10H,8-9H2,1-5H3;1H/p-1. The number of halogens is 1. The number of hydrogen-bond donors (Lipinski definition) is 0. The average Bonchev–Trinajstić information content (AvgIpc) is 2.32. The Morgan fingerprint density at radius 1 is 1.21 bits per heavy atom. The highest BCUT2D eigenvalue weighted by atomic mass is 79.9. The van der Waals surface area contributed by atoms with Crippen molar-refractivity contribution < 1.29 is 17.0 Å². The van der Waals surface area contributed by atoms with Crippen LogP contribution in [0.4, 0.5) is 0 Å². The zero-order valence-corrected chi connectivity index (χ0v) is 11.5. The second-order valence-electron chi connectivity index (χ2n) is 5.25. The normalized spacial score (nSPS) is 16.4. The first-order chi connectivity index (χ1) is 5.89. The molecule has 1 aliphatic heterocycles. The topological polar surface area (TPSA) is 6.48 Å². The van der Waals surface area contributed by atoms with Crippen molar-refractivity contribution in [3.63, 3.8) is 0 Å². The highest BCUT2D eigenvalue weighted by molar-refractivity contribution is 4.96. The molecule has 1 aliphatic rings. The molecule has 1 heterocycles. The minimum atomic E-state index is 0. The van der Waals surface area contributed by atoms with E-state index in [0.29, 0.717) is 0 Å². The SMILES string of the molecule is CC(C)CN1C=CN(C(C)(C)C)C1.[Br-]. The average molecular weight is 262 g/mol. The molecule has 0 aromatic heterocycles. The summed E-state index contributed by atoms with van der Waals surface area (Å²) in [6, 6.07) is 0. The quantitative estimate of drug-likeness (QED) is 0.661. The van der Waals surface area contributed by atoms with E-state index in [2.05, 4.69) is 56.8 Å². The van der Waals surface area contributed by atoms with Crippen molar-refractivity contribution in [3.8, 4) is 0 Å². The molecule has 0 atom stereocenters. The fourth-order valence-electron chi connectivity index (χ4n) is 1.49. The largest absolute Gasteiger partial charge is 1.00 e. The van der Waals surface area contributed by atoms with Gasteiger partial charge in [0.1, 0.15) is 0 Å². The molecular weight excluding hydrogens is 240 g/mol. The van der Waals surface area contributed by atoms with Gasteiger partial charge in [-0.25, -0.2) is 0 Å². The Hall–Kier alpha value is -0.180. The van der Waals surface area contributed by atoms with Gasteiger partial charge in [0, 0.05) is 24.5 Å². The van der Waals surface area contributed by atoms with E-state index < -0.39 is 0 Å². The third kappa shape index (κ3) is 3.91. The Morgan fingerprint density at radius 2 is 1.79 bits per heavy atom. The molecule has 0 aliphatic carbocycles. The molecule has 2 nitrogen and oxygen atoms in total. The van der Waals surface area contributed by atoms with Gasteiger partial charge in [-0.2, -0.15) is 0 Å². The Bertz CT molecular complexity index is 194. The molecule has 0 radical (unpaired) electrons. The van der Waals surface area contributed by atoms with E-state index >= 15 is 0 Å². The molecular formula is C11H22BrN2-. The first kappa shape index (κ1) is 13.8. The fraction of sp³-hybridized carbons (Fsp3) is 0.818. The first-order valence-corrected chi connectivity index (χ1v) is 5.08. The molecule has 0 bridgehead atoms. The van der Waals surface area contributed by atoms with Gasteiger partial charge in [0.2, 0.25) is 0 Å². The van der Waals surface area contributed by atoms with Crippen molar-refractivity contribution in [2.24, 2.45) is 5.92 Å². The summed E-state index contributed by atoms with van der Waals surface area (Å²) in [6.45, 7) is 13.5. The monoisotopic (exact) mass is 261 g/mol. The fourth-order valence-corrected chi connectivity index (χ4v) is 1.49. The summed E-state index contributed by atoms with van der Waals surface area (Å²) in [7, 11) is 0. The molecule has 14 heavy (non-hydrogen) atoms. The maximum absolute atomic E-state index is 2.37. The van der Waals surface area contributed by atoms with Crippen molar-refractivity contribution in [3.05, 3.63) is 12.4 Å². The Morgan fingerprint density at radius 3 is 2.14 bits per heavy atom. The lowest BCUT2D eigenvalue weighted by Crippen LogP contribution is -3.00. The van der Waals surface area contributed by atoms with E-state index in [0.717, 1.165) is 19.1 Å². The molecule has 0 aromatic rings. The van der Waals surface area contributed by atoms with Gasteiger partial charge in [0.05, 0.1) is 6.67 Å². The molecule has 0 unspecified atom stereocenters. The molecule has 0 N–H and O–H groups in total. The van der Waals surface area contributed by atoms with Crippen LogP contribution in [0.5, 0.6) is 0 Å². The van der Waals surface area contributed by atoms with Gasteiger partial charge in [-0.05, 0) is 26.7 Å². The van der Waals surface area contributed by atoms with Crippen LogP contribution in [0, 0.1) is 5.92 Å². The third-order valence-corrected chi connectivity index (χ3v) is 2.25. The molecule has 0 spiro atoms. The zero-order valence-electron chi connectivity index (χ0n) is 9.92. The lowest BCUT2D eigenvalue weighted by Gasteiger charge is -2.33. The molecule has 0 amide bonds. The number of rotatable bonds is 2. The van der Waals surface area contributed by atoms with Crippen LogP contribution in [0.25, 0.3) is 0 Å². The van der Waals surface area contributed by atoms with Crippen molar-refractivity contribution in [2.75, 3.05) is 13.2 Å². The van der Waals surface area contributed by atoms with Gasteiger partial charge < -0.3 is 26.8 Å². The van der Waals surface area contributed by atoms with Crippen LogP contribution in [0.15, 0.2) is 12.4 Å². The molecule has 0 aromatic carbocycles. The molecule has 0 fully saturated rings. The maximum Gasteiger partial charge on any atom is 0.0898 e. The van der Waals surface area contributed by atoms with Crippen LogP contribution in [0.1, 0.15) is 34.6 Å². The van der Waals surface area contributed by atoms with Crippen LogP contribution in [0.3, 0.4) is 0 Å². The highest BCUT2D eigenvalue weighted by Gasteiger charge is 2.23. The van der Waals surface area contributed by atoms with Crippen LogP contribution in [-0.2, 0) is 0 Å². The third-order valence-electron chi connectivity index (χ3n) is 2.25. The van der Waals surface area contributed by atoms with Crippen LogP contribution >= 0.6 is 0 Å². The van der Waals surface area contributed by atoms with E-state index in [1.807, 2.05) is 0 Å². The van der Waals surface area contributed by atoms with E-state index in [-0.39, 0.29) is 22.5 Å². The second kappa shape index (κ2) is 5.06. The summed E-state index contributed by atoms with van der Waals surface area (Å²) in [5, 5.41) is 0. The predicted molar refractivity (Wildman–Crippen MR) is 57.1 cm³/mol. The molecule has 0 saturated heterocycles. The predicted octanol–water partition coefficient (Wildman–Crippen LogP) is -0.509. The molecule has 84 valence electrons. The second-order valence-corrected chi connectivity index (χ2v) is 5.25. The summed E-state index contributed by atoms with van der Waals surface area (Å²) in [5.41, 5.74) is 0.252. The van der Waals surface area contributed by atoms with Crippen molar-refractivity contribution in [1.82, 2.24) is 9.80 Å². The van der Waals surface area contributed by atoms with E-state index in [9.17, 15) is 0 Å². The molecule has 1 rings (SSSR count). The minimum absolute atomic E-state index is 0. The Kier molecular flexibility index (Phi) is 4.99. The van der Waals surface area contributed by atoms with Gasteiger partial charge in [-0.3, -0.25) is 0 Å². The van der Waals surface area contributed by atoms with E-state index in [1.165, 1.54) is 0 Å². The maximum atomic E-state index is 2.37. The van der Waals surface area contributed by atoms with Gasteiger partial charge in [0.15, 0.2) is 0 Å². The van der Waals surface area contributed by atoms with Gasteiger partial charge in [-0.1, -0.05) is 13.8 Å².